The number of rotatable bonds is 4. The molecule has 6 heteroatoms. The normalized spacial score (nSPS) is 51.1. The number of aliphatic hydroxyl groups excluding tert-OH is 3. The molecule has 0 heterocycles. The van der Waals surface area contributed by atoms with E-state index in [0.29, 0.717) is 18.3 Å². The molecule has 4 aliphatic rings. The number of carboxylic acids is 1. The van der Waals surface area contributed by atoms with Crippen LogP contribution in [0.25, 0.3) is 0 Å². The Labute approximate surface area is 203 Å². The number of aliphatic carboxylic acids is 1. The Hall–Kier alpha value is 0.350. The zero-order valence-electron chi connectivity index (χ0n) is 19.2. The molecule has 0 aromatic heterocycles. The summed E-state index contributed by atoms with van der Waals surface area (Å²) in [5, 5.41) is 43.9. The van der Waals surface area contributed by atoms with Gasteiger partial charge in [0.15, 0.2) is 0 Å². The van der Waals surface area contributed by atoms with Crippen molar-refractivity contribution >= 4 is 5.97 Å². The quantitative estimate of drug-likeness (QED) is 0.503. The first-order chi connectivity index (χ1) is 13.6. The molecular formula is C24H39NaO5. The Kier molecular flexibility index (Phi) is 7.45. The van der Waals surface area contributed by atoms with E-state index in [4.69, 9.17) is 0 Å². The molecule has 5 nitrogen and oxygen atoms in total. The molecule has 0 bridgehead atoms. The molecular weight excluding hydrogens is 391 g/mol. The van der Waals surface area contributed by atoms with E-state index in [1.54, 1.807) is 0 Å². The molecule has 0 radical (unpaired) electrons. The van der Waals surface area contributed by atoms with Crippen molar-refractivity contribution in [2.24, 2.45) is 46.3 Å². The molecule has 11 atom stereocenters. The Morgan fingerprint density at radius 2 is 1.77 bits per heavy atom. The van der Waals surface area contributed by atoms with Crippen LogP contribution in [-0.4, -0.2) is 39.6 Å². The fourth-order valence-corrected chi connectivity index (χ4v) is 8.68. The smallest absolute Gasteiger partial charge is 0.550 e. The number of carbonyl (C=O) groups excluding carboxylic acids is 1. The summed E-state index contributed by atoms with van der Waals surface area (Å²) in [5.41, 5.74) is -0.172. The summed E-state index contributed by atoms with van der Waals surface area (Å²) in [5.74, 6) is 0.635. The second-order valence-electron chi connectivity index (χ2n) is 11.4. The van der Waals surface area contributed by atoms with Crippen LogP contribution in [0.3, 0.4) is 0 Å². The van der Waals surface area contributed by atoms with Gasteiger partial charge in [-0.05, 0) is 104 Å². The van der Waals surface area contributed by atoms with Gasteiger partial charge in [0, 0.05) is 5.97 Å². The van der Waals surface area contributed by atoms with Crippen LogP contribution in [-0.2, 0) is 4.79 Å². The molecule has 0 amide bonds. The SMILES string of the molecule is C[C@H](CCC(=O)[O-])[C@H]1CC[C@H]2[C@@H]3C(O)CC4CC(O)CC[C@]4(C)[C@H]3CC(O)[C@]12C.[Na+]. The van der Waals surface area contributed by atoms with Crippen molar-refractivity contribution in [2.75, 3.05) is 0 Å². The van der Waals surface area contributed by atoms with Crippen LogP contribution in [0.4, 0.5) is 0 Å². The number of hydrogen-bond acceptors (Lipinski definition) is 5. The third-order valence-corrected chi connectivity index (χ3v) is 10.3. The minimum atomic E-state index is -0.998. The summed E-state index contributed by atoms with van der Waals surface area (Å²) >= 11 is 0. The molecule has 166 valence electrons. The first-order valence-corrected chi connectivity index (χ1v) is 11.8. The third-order valence-electron chi connectivity index (χ3n) is 10.3. The van der Waals surface area contributed by atoms with E-state index in [-0.39, 0.29) is 82.7 Å². The number of carbonyl (C=O) groups is 1. The second kappa shape index (κ2) is 8.95. The van der Waals surface area contributed by atoms with Gasteiger partial charge in [0.2, 0.25) is 0 Å². The van der Waals surface area contributed by atoms with E-state index in [0.717, 1.165) is 44.9 Å². The zero-order chi connectivity index (χ0) is 21.1. The van der Waals surface area contributed by atoms with E-state index >= 15 is 0 Å². The van der Waals surface area contributed by atoms with Crippen LogP contribution in [0, 0.1) is 46.3 Å². The summed E-state index contributed by atoms with van der Waals surface area (Å²) in [7, 11) is 0. The van der Waals surface area contributed by atoms with Gasteiger partial charge in [0.25, 0.3) is 0 Å². The number of fused-ring (bicyclic) bond motifs is 5. The van der Waals surface area contributed by atoms with Crippen molar-refractivity contribution in [3.8, 4) is 0 Å². The molecule has 30 heavy (non-hydrogen) atoms. The van der Waals surface area contributed by atoms with Crippen molar-refractivity contribution in [1.82, 2.24) is 0 Å². The molecule has 0 spiro atoms. The van der Waals surface area contributed by atoms with Crippen LogP contribution in [0.2, 0.25) is 0 Å². The summed E-state index contributed by atoms with van der Waals surface area (Å²) < 4.78 is 0. The van der Waals surface area contributed by atoms with Crippen molar-refractivity contribution < 1.29 is 54.8 Å². The largest absolute Gasteiger partial charge is 1.00 e. The van der Waals surface area contributed by atoms with E-state index in [1.807, 2.05) is 0 Å². The van der Waals surface area contributed by atoms with Gasteiger partial charge in [-0.3, -0.25) is 0 Å². The molecule has 4 unspecified atom stereocenters. The Morgan fingerprint density at radius 1 is 1.07 bits per heavy atom. The minimum Gasteiger partial charge on any atom is -0.550 e. The van der Waals surface area contributed by atoms with Crippen LogP contribution in [0.15, 0.2) is 0 Å². The third kappa shape index (κ3) is 3.84. The van der Waals surface area contributed by atoms with Gasteiger partial charge in [-0.25, -0.2) is 0 Å². The van der Waals surface area contributed by atoms with E-state index < -0.39 is 12.1 Å². The zero-order valence-corrected chi connectivity index (χ0v) is 21.2. The summed E-state index contributed by atoms with van der Waals surface area (Å²) in [6.07, 6.45) is 5.72. The first kappa shape index (κ1) is 25.0. The average molecular weight is 431 g/mol. The van der Waals surface area contributed by atoms with Gasteiger partial charge in [-0.15, -0.1) is 0 Å². The fraction of sp³-hybridized carbons (Fsp3) is 0.958. The molecule has 0 aromatic carbocycles. The Balaban J connectivity index is 0.00000256. The maximum Gasteiger partial charge on any atom is 1.00 e. The monoisotopic (exact) mass is 430 g/mol. The maximum absolute atomic E-state index is 11.5. The molecule has 0 aromatic rings. The van der Waals surface area contributed by atoms with Crippen LogP contribution < -0.4 is 34.7 Å². The van der Waals surface area contributed by atoms with Gasteiger partial charge in [-0.2, -0.15) is 0 Å². The van der Waals surface area contributed by atoms with Gasteiger partial charge in [0.05, 0.1) is 18.3 Å². The number of aliphatic hydroxyl groups is 3. The molecule has 4 fully saturated rings. The molecule has 4 aliphatic carbocycles. The molecule has 0 aliphatic heterocycles. The minimum absolute atomic E-state index is 0. The van der Waals surface area contributed by atoms with E-state index in [9.17, 15) is 25.2 Å². The van der Waals surface area contributed by atoms with E-state index in [1.165, 1.54) is 0 Å². The molecule has 3 N–H and O–H groups in total. The van der Waals surface area contributed by atoms with Crippen LogP contribution >= 0.6 is 0 Å². The van der Waals surface area contributed by atoms with Crippen molar-refractivity contribution in [3.05, 3.63) is 0 Å². The van der Waals surface area contributed by atoms with E-state index in [2.05, 4.69) is 20.8 Å². The predicted molar refractivity (Wildman–Crippen MR) is 107 cm³/mol. The fourth-order valence-electron chi connectivity index (χ4n) is 8.68. The van der Waals surface area contributed by atoms with Crippen LogP contribution in [0.5, 0.6) is 0 Å². The summed E-state index contributed by atoms with van der Waals surface area (Å²) in [6.45, 7) is 6.67. The van der Waals surface area contributed by atoms with Gasteiger partial charge in [0.1, 0.15) is 0 Å². The molecule has 0 saturated heterocycles. The van der Waals surface area contributed by atoms with Crippen LogP contribution in [0.1, 0.15) is 78.6 Å². The van der Waals surface area contributed by atoms with Gasteiger partial charge in [-0.1, -0.05) is 20.8 Å². The number of carboxylic acid groups (broad SMARTS) is 1. The standard InChI is InChI=1S/C24H40O5.Na/c1-13(4-7-21(28)29)16-5-6-17-22-18(12-20(27)24(16,17)3)23(2)9-8-15(25)10-14(23)11-19(22)26;/h13-20,22,25-27H,4-12H2,1-3H3,(H,28,29);/q;+1/p-1/t13-,14?,15?,16-,17+,18+,19?,20?,22+,23+,24-;/m1./s1. The Bertz CT molecular complexity index is 643. The topological polar surface area (TPSA) is 101 Å². The Morgan fingerprint density at radius 3 is 2.43 bits per heavy atom. The average Bonchev–Trinajstić information content (AvgIpc) is 3.01. The van der Waals surface area contributed by atoms with Gasteiger partial charge >= 0.3 is 29.6 Å². The van der Waals surface area contributed by atoms with Gasteiger partial charge < -0.3 is 25.2 Å². The first-order valence-electron chi connectivity index (χ1n) is 11.8. The summed E-state index contributed by atoms with van der Waals surface area (Å²) in [6, 6.07) is 0. The second-order valence-corrected chi connectivity index (χ2v) is 11.4. The van der Waals surface area contributed by atoms with Crippen molar-refractivity contribution in [1.29, 1.82) is 0 Å². The van der Waals surface area contributed by atoms with Crippen molar-refractivity contribution in [3.63, 3.8) is 0 Å². The predicted octanol–water partition coefficient (Wildman–Crippen LogP) is -0.882. The maximum atomic E-state index is 11.5. The van der Waals surface area contributed by atoms with Crippen molar-refractivity contribution in [2.45, 2.75) is 96.9 Å². The summed E-state index contributed by atoms with van der Waals surface area (Å²) in [4.78, 5) is 11.0. The number of hydrogen-bond donors (Lipinski definition) is 3. The molecule has 4 rings (SSSR count). The molecule has 4 saturated carbocycles.